The zero-order valence-corrected chi connectivity index (χ0v) is 21.3. The summed E-state index contributed by atoms with van der Waals surface area (Å²) in [6.07, 6.45) is 4.13. The third-order valence-corrected chi connectivity index (χ3v) is 7.20. The Bertz CT molecular complexity index is 1110. The van der Waals surface area contributed by atoms with Crippen molar-refractivity contribution in [1.82, 2.24) is 25.3 Å². The minimum atomic E-state index is -1.08. The Morgan fingerprint density at radius 1 is 1.26 bits per heavy atom. The van der Waals surface area contributed by atoms with Crippen LogP contribution in [0.4, 0.5) is 0 Å². The van der Waals surface area contributed by atoms with E-state index in [9.17, 15) is 14.4 Å². The molecule has 2 heterocycles. The van der Waals surface area contributed by atoms with Gasteiger partial charge in [0, 0.05) is 35.2 Å². The highest BCUT2D eigenvalue weighted by Gasteiger charge is 2.48. The Morgan fingerprint density at radius 2 is 2.00 bits per heavy atom. The average molecular weight is 532 g/mol. The van der Waals surface area contributed by atoms with Crippen LogP contribution in [0.1, 0.15) is 66.1 Å². The number of benzene rings is 1. The van der Waals surface area contributed by atoms with Gasteiger partial charge in [-0.25, -0.2) is 0 Å². The second-order valence-electron chi connectivity index (χ2n) is 8.99. The topological polar surface area (TPSA) is 106 Å². The van der Waals surface area contributed by atoms with E-state index in [1.54, 1.807) is 18.9 Å². The molecule has 0 saturated heterocycles. The maximum Gasteiger partial charge on any atom is 0.273 e. The van der Waals surface area contributed by atoms with Gasteiger partial charge in [0.2, 0.25) is 5.91 Å². The minimum Gasteiger partial charge on any atom is -0.496 e. The number of rotatable bonds is 7. The molecule has 1 atom stereocenters. The lowest BCUT2D eigenvalue weighted by Crippen LogP contribution is -2.64. The molecule has 1 fully saturated rings. The number of hydrogen-bond acceptors (Lipinski definition) is 5. The number of aromatic nitrogens is 2. The number of nitrogens with zero attached hydrogens (tertiary/aromatic N) is 3. The van der Waals surface area contributed by atoms with Crippen molar-refractivity contribution < 1.29 is 19.1 Å². The molecule has 0 spiro atoms. The summed E-state index contributed by atoms with van der Waals surface area (Å²) in [4.78, 5) is 41.0. The van der Waals surface area contributed by atoms with Gasteiger partial charge in [-0.1, -0.05) is 28.8 Å². The van der Waals surface area contributed by atoms with Crippen molar-refractivity contribution in [3.05, 3.63) is 45.7 Å². The van der Waals surface area contributed by atoms with Crippen molar-refractivity contribution in [3.63, 3.8) is 0 Å². The van der Waals surface area contributed by atoms with Crippen LogP contribution in [0.3, 0.4) is 0 Å². The molecule has 9 nitrogen and oxygen atoms in total. The van der Waals surface area contributed by atoms with E-state index in [1.165, 1.54) is 10.7 Å². The van der Waals surface area contributed by atoms with E-state index >= 15 is 0 Å². The minimum absolute atomic E-state index is 0.133. The first-order chi connectivity index (χ1) is 16.3. The number of methoxy groups -OCH3 is 1. The van der Waals surface area contributed by atoms with Gasteiger partial charge in [0.15, 0.2) is 5.69 Å². The fourth-order valence-corrected chi connectivity index (χ4v) is 5.22. The smallest absolute Gasteiger partial charge is 0.273 e. The van der Waals surface area contributed by atoms with Crippen molar-refractivity contribution >= 4 is 33.7 Å². The van der Waals surface area contributed by atoms with Gasteiger partial charge in [0.05, 0.1) is 13.7 Å². The number of carbonyl (C=O) groups excluding carboxylic acids is 3. The van der Waals surface area contributed by atoms with E-state index in [2.05, 4.69) is 31.7 Å². The third kappa shape index (κ3) is 4.55. The summed E-state index contributed by atoms with van der Waals surface area (Å²) in [5.74, 6) is -0.233. The molecule has 34 heavy (non-hydrogen) atoms. The molecule has 0 bridgehead atoms. The van der Waals surface area contributed by atoms with Gasteiger partial charge in [-0.05, 0) is 44.9 Å². The van der Waals surface area contributed by atoms with Crippen LogP contribution in [-0.4, -0.2) is 57.6 Å². The Balaban J connectivity index is 1.52. The molecule has 1 saturated carbocycles. The van der Waals surface area contributed by atoms with E-state index in [4.69, 9.17) is 4.74 Å². The van der Waals surface area contributed by atoms with Crippen molar-refractivity contribution in [1.29, 1.82) is 0 Å². The number of ether oxygens (including phenoxy) is 1. The molecule has 1 aliphatic heterocycles. The highest BCUT2D eigenvalue weighted by atomic mass is 79.9. The van der Waals surface area contributed by atoms with Gasteiger partial charge >= 0.3 is 0 Å². The highest BCUT2D eigenvalue weighted by molar-refractivity contribution is 9.10. The average Bonchev–Trinajstić information content (AvgIpc) is 3.47. The zero-order chi connectivity index (χ0) is 24.5. The maximum atomic E-state index is 13.3. The Morgan fingerprint density at radius 3 is 2.68 bits per heavy atom. The summed E-state index contributed by atoms with van der Waals surface area (Å²) in [6.45, 7) is 4.42. The second kappa shape index (κ2) is 9.77. The van der Waals surface area contributed by atoms with E-state index in [-0.39, 0.29) is 36.6 Å². The predicted molar refractivity (Wildman–Crippen MR) is 130 cm³/mol. The SMILES string of the molecule is CCN1C(=O)c2cc(C(=O)NCc3cc(Br)ccc3OC)nn2CC1(C)C(=O)NC1CCCC1. The molecule has 4 rings (SSSR count). The fourth-order valence-electron chi connectivity index (χ4n) is 4.81. The quantitative estimate of drug-likeness (QED) is 0.571. The number of nitrogens with one attached hydrogen (secondary N) is 2. The molecule has 0 radical (unpaired) electrons. The molecule has 1 aromatic heterocycles. The number of carbonyl (C=O) groups is 3. The lowest BCUT2D eigenvalue weighted by atomic mass is 9.94. The van der Waals surface area contributed by atoms with Crippen molar-refractivity contribution in [2.75, 3.05) is 13.7 Å². The maximum absolute atomic E-state index is 13.3. The number of hydrogen-bond donors (Lipinski definition) is 2. The molecule has 3 amide bonds. The lowest BCUT2D eigenvalue weighted by Gasteiger charge is -2.43. The highest BCUT2D eigenvalue weighted by Crippen LogP contribution is 2.29. The Labute approximate surface area is 207 Å². The first-order valence-corrected chi connectivity index (χ1v) is 12.4. The van der Waals surface area contributed by atoms with Gasteiger partial charge in [-0.3, -0.25) is 19.1 Å². The predicted octanol–water partition coefficient (Wildman–Crippen LogP) is 2.88. The van der Waals surface area contributed by atoms with Crippen LogP contribution in [0.2, 0.25) is 0 Å². The summed E-state index contributed by atoms with van der Waals surface area (Å²) < 4.78 is 7.71. The summed E-state index contributed by atoms with van der Waals surface area (Å²) >= 11 is 3.43. The number of amides is 3. The normalized spacial score (nSPS) is 20.2. The van der Waals surface area contributed by atoms with Crippen LogP contribution < -0.4 is 15.4 Å². The monoisotopic (exact) mass is 531 g/mol. The lowest BCUT2D eigenvalue weighted by molar-refractivity contribution is -0.133. The van der Waals surface area contributed by atoms with Gasteiger partial charge in [0.1, 0.15) is 17.0 Å². The van der Waals surface area contributed by atoms with Crippen LogP contribution in [0.15, 0.2) is 28.7 Å². The second-order valence-corrected chi connectivity index (χ2v) is 9.91. The first-order valence-electron chi connectivity index (χ1n) is 11.6. The molecule has 2 aromatic rings. The van der Waals surface area contributed by atoms with Gasteiger partial charge in [-0.2, -0.15) is 5.10 Å². The summed E-state index contributed by atoms with van der Waals surface area (Å²) in [7, 11) is 1.57. The molecular weight excluding hydrogens is 502 g/mol. The van der Waals surface area contributed by atoms with Crippen molar-refractivity contribution in [2.45, 2.75) is 64.2 Å². The Kier molecular flexibility index (Phi) is 6.97. The summed E-state index contributed by atoms with van der Waals surface area (Å²) in [5, 5.41) is 10.3. The molecule has 182 valence electrons. The molecule has 2 aliphatic rings. The van der Waals surface area contributed by atoms with Crippen LogP contribution >= 0.6 is 15.9 Å². The van der Waals surface area contributed by atoms with Gasteiger partial charge < -0.3 is 20.3 Å². The fraction of sp³-hybridized carbons (Fsp3) is 0.500. The van der Waals surface area contributed by atoms with E-state index < -0.39 is 11.4 Å². The van der Waals surface area contributed by atoms with Gasteiger partial charge in [-0.15, -0.1) is 0 Å². The van der Waals surface area contributed by atoms with Crippen molar-refractivity contribution in [2.24, 2.45) is 0 Å². The Hall–Kier alpha value is -2.88. The molecular formula is C24H30BrN5O4. The molecule has 2 N–H and O–H groups in total. The first kappa shape index (κ1) is 24.3. The van der Waals surface area contributed by atoms with E-state index in [1.807, 2.05) is 25.1 Å². The molecule has 1 aromatic carbocycles. The zero-order valence-electron chi connectivity index (χ0n) is 19.7. The number of fused-ring (bicyclic) bond motifs is 1. The standard InChI is InChI=1S/C24H30BrN5O4/c1-4-29-22(32)19-12-18(21(31)26-13-15-11-16(25)9-10-20(15)34-3)28-30(19)14-24(29,2)23(33)27-17-7-5-6-8-17/h9-12,17H,4-8,13-14H2,1-3H3,(H,26,31)(H,27,33). The van der Waals surface area contributed by atoms with Crippen LogP contribution in [0.25, 0.3) is 0 Å². The van der Waals surface area contributed by atoms with Crippen molar-refractivity contribution in [3.8, 4) is 5.75 Å². The summed E-state index contributed by atoms with van der Waals surface area (Å²) in [6, 6.07) is 7.18. The van der Waals surface area contributed by atoms with Gasteiger partial charge in [0.25, 0.3) is 11.8 Å². The third-order valence-electron chi connectivity index (χ3n) is 6.71. The molecule has 10 heteroatoms. The molecule has 1 aliphatic carbocycles. The largest absolute Gasteiger partial charge is 0.496 e. The number of halogens is 1. The number of likely N-dealkylation sites (N-methyl/N-ethyl adjacent to an activating group) is 1. The summed E-state index contributed by atoms with van der Waals surface area (Å²) in [5.41, 5.74) is 0.163. The van der Waals surface area contributed by atoms with E-state index in [0.29, 0.717) is 18.0 Å². The van der Waals surface area contributed by atoms with Crippen LogP contribution in [0.5, 0.6) is 5.75 Å². The van der Waals surface area contributed by atoms with Crippen LogP contribution in [0, 0.1) is 0 Å². The van der Waals surface area contributed by atoms with Crippen LogP contribution in [-0.2, 0) is 17.9 Å². The molecule has 1 unspecified atom stereocenters. The van der Waals surface area contributed by atoms with E-state index in [0.717, 1.165) is 35.7 Å².